The Morgan fingerprint density at radius 1 is 1.03 bits per heavy atom. The standard InChI is InChI=1S/C24H20N2O3S/c1-15(27)17-9-12-21(29-2)18(13-17)14-23(28)25-19-10-7-16(8-11-19)24-26-20-5-3-4-6-22(20)30-24/h3-13H,14H2,1-2H3,(H,25,28). The molecule has 0 aliphatic heterocycles. The molecule has 0 radical (unpaired) electrons. The van der Waals surface area contributed by atoms with Crippen molar-refractivity contribution in [3.05, 3.63) is 77.9 Å². The van der Waals surface area contributed by atoms with Crippen LogP contribution in [0.2, 0.25) is 0 Å². The van der Waals surface area contributed by atoms with E-state index in [1.807, 2.05) is 42.5 Å². The zero-order valence-corrected chi connectivity index (χ0v) is 17.5. The number of ketones is 1. The maximum atomic E-state index is 12.5. The van der Waals surface area contributed by atoms with Gasteiger partial charge in [0.15, 0.2) is 5.78 Å². The predicted molar refractivity (Wildman–Crippen MR) is 120 cm³/mol. The Bertz CT molecular complexity index is 1200. The molecule has 0 aliphatic rings. The number of Topliss-reactive ketones (excluding diaryl/α,β-unsaturated/α-hetero) is 1. The summed E-state index contributed by atoms with van der Waals surface area (Å²) in [5, 5.41) is 3.84. The third-order valence-electron chi connectivity index (χ3n) is 4.75. The number of carbonyl (C=O) groups is 2. The first-order valence-corrected chi connectivity index (χ1v) is 10.3. The van der Waals surface area contributed by atoms with Crippen LogP contribution in [0, 0.1) is 0 Å². The predicted octanol–water partition coefficient (Wildman–Crippen LogP) is 5.36. The van der Waals surface area contributed by atoms with Gasteiger partial charge in [0.05, 0.1) is 23.7 Å². The molecule has 5 nitrogen and oxygen atoms in total. The van der Waals surface area contributed by atoms with Crippen molar-refractivity contribution in [1.29, 1.82) is 0 Å². The van der Waals surface area contributed by atoms with Crippen LogP contribution in [0.5, 0.6) is 5.75 Å². The number of amides is 1. The average Bonchev–Trinajstić information content (AvgIpc) is 3.18. The van der Waals surface area contributed by atoms with E-state index in [0.717, 1.165) is 20.8 Å². The van der Waals surface area contributed by atoms with Crippen molar-refractivity contribution in [3.63, 3.8) is 0 Å². The Balaban J connectivity index is 1.47. The Morgan fingerprint density at radius 2 is 1.80 bits per heavy atom. The van der Waals surface area contributed by atoms with Gasteiger partial charge in [-0.3, -0.25) is 9.59 Å². The summed E-state index contributed by atoms with van der Waals surface area (Å²) in [6.07, 6.45) is 0.115. The molecule has 0 fully saturated rings. The SMILES string of the molecule is COc1ccc(C(C)=O)cc1CC(=O)Nc1ccc(-c2nc3ccccc3s2)cc1. The zero-order chi connectivity index (χ0) is 21.1. The number of para-hydroxylation sites is 1. The number of methoxy groups -OCH3 is 1. The molecule has 0 saturated carbocycles. The number of benzene rings is 3. The molecular weight excluding hydrogens is 396 g/mol. The summed E-state index contributed by atoms with van der Waals surface area (Å²) in [5.41, 5.74) is 3.92. The Morgan fingerprint density at radius 3 is 2.50 bits per heavy atom. The van der Waals surface area contributed by atoms with E-state index in [2.05, 4.69) is 16.4 Å². The number of hydrogen-bond acceptors (Lipinski definition) is 5. The minimum Gasteiger partial charge on any atom is -0.496 e. The number of nitrogens with one attached hydrogen (secondary N) is 1. The van der Waals surface area contributed by atoms with E-state index in [-0.39, 0.29) is 18.1 Å². The molecule has 1 amide bonds. The van der Waals surface area contributed by atoms with Gasteiger partial charge in [-0.15, -0.1) is 11.3 Å². The molecule has 0 atom stereocenters. The second-order valence-corrected chi connectivity index (χ2v) is 7.90. The van der Waals surface area contributed by atoms with Gasteiger partial charge < -0.3 is 10.1 Å². The van der Waals surface area contributed by atoms with Crippen LogP contribution in [0.15, 0.2) is 66.7 Å². The van der Waals surface area contributed by atoms with Crippen LogP contribution in [0.1, 0.15) is 22.8 Å². The second kappa shape index (κ2) is 8.47. The van der Waals surface area contributed by atoms with Crippen LogP contribution in [0.25, 0.3) is 20.8 Å². The van der Waals surface area contributed by atoms with Crippen LogP contribution in [-0.4, -0.2) is 23.8 Å². The smallest absolute Gasteiger partial charge is 0.228 e. The number of rotatable bonds is 6. The first-order chi connectivity index (χ1) is 14.5. The van der Waals surface area contributed by atoms with E-state index < -0.39 is 0 Å². The van der Waals surface area contributed by atoms with Crippen LogP contribution in [0.3, 0.4) is 0 Å². The molecule has 0 saturated heterocycles. The minimum absolute atomic E-state index is 0.0512. The third kappa shape index (κ3) is 4.23. The quantitative estimate of drug-likeness (QED) is 0.430. The van der Waals surface area contributed by atoms with Crippen molar-refractivity contribution >= 4 is 38.9 Å². The highest BCUT2D eigenvalue weighted by Gasteiger charge is 2.12. The highest BCUT2D eigenvalue weighted by Crippen LogP contribution is 2.30. The second-order valence-electron chi connectivity index (χ2n) is 6.87. The summed E-state index contributed by atoms with van der Waals surface area (Å²) in [7, 11) is 1.55. The van der Waals surface area contributed by atoms with Gasteiger partial charge in [0.2, 0.25) is 5.91 Å². The van der Waals surface area contributed by atoms with Gasteiger partial charge in [0, 0.05) is 22.4 Å². The molecule has 150 valence electrons. The number of aromatic nitrogens is 1. The van der Waals surface area contributed by atoms with E-state index >= 15 is 0 Å². The van der Waals surface area contributed by atoms with Crippen molar-refractivity contribution in [2.45, 2.75) is 13.3 Å². The summed E-state index contributed by atoms with van der Waals surface area (Å²) in [6.45, 7) is 1.50. The zero-order valence-electron chi connectivity index (χ0n) is 16.6. The van der Waals surface area contributed by atoms with Crippen molar-refractivity contribution in [2.75, 3.05) is 12.4 Å². The van der Waals surface area contributed by atoms with Gasteiger partial charge >= 0.3 is 0 Å². The minimum atomic E-state index is -0.179. The van der Waals surface area contributed by atoms with E-state index in [9.17, 15) is 9.59 Å². The molecule has 1 N–H and O–H groups in total. The van der Waals surface area contributed by atoms with Gasteiger partial charge in [-0.05, 0) is 61.5 Å². The third-order valence-corrected chi connectivity index (χ3v) is 5.83. The van der Waals surface area contributed by atoms with E-state index in [1.165, 1.54) is 6.92 Å². The van der Waals surface area contributed by atoms with Gasteiger partial charge in [0.25, 0.3) is 0 Å². The molecule has 1 aromatic heterocycles. The molecule has 0 bridgehead atoms. The van der Waals surface area contributed by atoms with E-state index in [1.54, 1.807) is 36.6 Å². The van der Waals surface area contributed by atoms with Gasteiger partial charge in [-0.2, -0.15) is 0 Å². The number of anilines is 1. The summed E-state index contributed by atoms with van der Waals surface area (Å²) in [5.74, 6) is 0.354. The largest absolute Gasteiger partial charge is 0.496 e. The summed E-state index contributed by atoms with van der Waals surface area (Å²) >= 11 is 1.64. The molecular formula is C24H20N2O3S. The number of carbonyl (C=O) groups excluding carboxylic acids is 2. The van der Waals surface area contributed by atoms with Crippen LogP contribution < -0.4 is 10.1 Å². The maximum Gasteiger partial charge on any atom is 0.228 e. The molecule has 6 heteroatoms. The Hall–Kier alpha value is -3.51. The highest BCUT2D eigenvalue weighted by molar-refractivity contribution is 7.21. The van der Waals surface area contributed by atoms with Crippen molar-refractivity contribution in [1.82, 2.24) is 4.98 Å². The fraction of sp³-hybridized carbons (Fsp3) is 0.125. The molecule has 1 heterocycles. The van der Waals surface area contributed by atoms with Crippen LogP contribution in [0.4, 0.5) is 5.69 Å². The fourth-order valence-corrected chi connectivity index (χ4v) is 4.18. The molecule has 0 spiro atoms. The maximum absolute atomic E-state index is 12.5. The van der Waals surface area contributed by atoms with E-state index in [0.29, 0.717) is 22.6 Å². The normalized spacial score (nSPS) is 10.7. The molecule has 4 rings (SSSR count). The number of hydrogen-bond donors (Lipinski definition) is 1. The first-order valence-electron chi connectivity index (χ1n) is 9.47. The number of thiazole rings is 1. The average molecular weight is 417 g/mol. The van der Waals surface area contributed by atoms with Crippen molar-refractivity contribution in [3.8, 4) is 16.3 Å². The fourth-order valence-electron chi connectivity index (χ4n) is 3.21. The summed E-state index contributed by atoms with van der Waals surface area (Å²) in [6, 6.07) is 20.8. The van der Waals surface area contributed by atoms with Gasteiger partial charge in [-0.1, -0.05) is 12.1 Å². The van der Waals surface area contributed by atoms with Crippen molar-refractivity contribution < 1.29 is 14.3 Å². The van der Waals surface area contributed by atoms with Crippen LogP contribution >= 0.6 is 11.3 Å². The Kier molecular flexibility index (Phi) is 5.59. The molecule has 0 unspecified atom stereocenters. The van der Waals surface area contributed by atoms with Gasteiger partial charge in [0.1, 0.15) is 10.8 Å². The molecule has 3 aromatic carbocycles. The lowest BCUT2D eigenvalue weighted by atomic mass is 10.0. The molecule has 30 heavy (non-hydrogen) atoms. The van der Waals surface area contributed by atoms with Crippen molar-refractivity contribution in [2.24, 2.45) is 0 Å². The molecule has 4 aromatic rings. The summed E-state index contributed by atoms with van der Waals surface area (Å²) in [4.78, 5) is 28.8. The number of fused-ring (bicyclic) bond motifs is 1. The lowest BCUT2D eigenvalue weighted by Gasteiger charge is -2.11. The molecule has 0 aliphatic carbocycles. The number of ether oxygens (including phenoxy) is 1. The Labute approximate surface area is 178 Å². The lowest BCUT2D eigenvalue weighted by molar-refractivity contribution is -0.115. The van der Waals surface area contributed by atoms with Gasteiger partial charge in [-0.25, -0.2) is 4.98 Å². The highest BCUT2D eigenvalue weighted by atomic mass is 32.1. The number of nitrogens with zero attached hydrogens (tertiary/aromatic N) is 1. The first kappa shape index (κ1) is 19.8. The lowest BCUT2D eigenvalue weighted by Crippen LogP contribution is -2.15. The van der Waals surface area contributed by atoms with Crippen LogP contribution in [-0.2, 0) is 11.2 Å². The monoisotopic (exact) mass is 416 g/mol. The summed E-state index contributed by atoms with van der Waals surface area (Å²) < 4.78 is 6.47. The van der Waals surface area contributed by atoms with E-state index in [4.69, 9.17) is 4.74 Å². The topological polar surface area (TPSA) is 68.3 Å².